The van der Waals surface area contributed by atoms with E-state index < -0.39 is 0 Å². The molecule has 1 aromatic heterocycles. The Hall–Kier alpha value is -3.15. The van der Waals surface area contributed by atoms with Crippen molar-refractivity contribution in [1.29, 1.82) is 0 Å². The average Bonchev–Trinajstić information content (AvgIpc) is 3.21. The average molecular weight is 334 g/mol. The van der Waals surface area contributed by atoms with Crippen LogP contribution in [-0.2, 0) is 11.3 Å². The molecule has 1 fully saturated rings. The van der Waals surface area contributed by atoms with Gasteiger partial charge in [0.2, 0.25) is 11.9 Å². The Kier molecular flexibility index (Phi) is 3.93. The number of fused-ring (bicyclic) bond motifs is 1. The molecule has 2 N–H and O–H groups in total. The largest absolute Gasteiger partial charge is 0.338 e. The molecule has 0 spiro atoms. The van der Waals surface area contributed by atoms with Crippen molar-refractivity contribution in [2.75, 3.05) is 11.9 Å². The number of carbonyl (C=O) groups excluding carboxylic acids is 2. The van der Waals surface area contributed by atoms with Gasteiger partial charge in [0, 0.05) is 25.1 Å². The summed E-state index contributed by atoms with van der Waals surface area (Å²) in [5.41, 5.74) is 3.26. The van der Waals surface area contributed by atoms with Crippen LogP contribution in [0.2, 0.25) is 0 Å². The number of amides is 2. The third-order valence-corrected chi connectivity index (χ3v) is 4.38. The van der Waals surface area contributed by atoms with Gasteiger partial charge in [-0.05, 0) is 36.2 Å². The number of aromatic nitrogens is 2. The zero-order valence-corrected chi connectivity index (χ0v) is 13.7. The first-order valence-electron chi connectivity index (χ1n) is 8.32. The molecule has 0 radical (unpaired) electrons. The number of H-pyrrole nitrogens is 1. The van der Waals surface area contributed by atoms with Crippen LogP contribution >= 0.6 is 0 Å². The molecule has 1 saturated heterocycles. The summed E-state index contributed by atoms with van der Waals surface area (Å²) in [7, 11) is 0. The number of para-hydroxylation sites is 2. The van der Waals surface area contributed by atoms with Gasteiger partial charge in [-0.2, -0.15) is 0 Å². The fraction of sp³-hybridized carbons (Fsp3) is 0.211. The SMILES string of the molecule is O=C(Nc1nc2ccccc2[nH]1)c1ccc(CN2CCCC2=O)cc1. The van der Waals surface area contributed by atoms with Crippen LogP contribution in [0, 0.1) is 0 Å². The standard InChI is InChI=1S/C19H18N4O2/c24-17-6-3-11-23(17)12-13-7-9-14(10-8-13)18(25)22-19-20-15-4-1-2-5-16(15)21-19/h1-2,4-5,7-10H,3,6,11-12H2,(H2,20,21,22,25). The van der Waals surface area contributed by atoms with Crippen LogP contribution in [0.5, 0.6) is 0 Å². The minimum Gasteiger partial charge on any atom is -0.338 e. The predicted octanol–water partition coefficient (Wildman–Crippen LogP) is 2.94. The topological polar surface area (TPSA) is 78.1 Å². The van der Waals surface area contributed by atoms with Crippen molar-refractivity contribution in [2.24, 2.45) is 0 Å². The molecule has 126 valence electrons. The van der Waals surface area contributed by atoms with Gasteiger partial charge in [0.05, 0.1) is 11.0 Å². The van der Waals surface area contributed by atoms with Gasteiger partial charge >= 0.3 is 0 Å². The highest BCUT2D eigenvalue weighted by molar-refractivity contribution is 6.04. The Morgan fingerprint density at radius 3 is 2.68 bits per heavy atom. The molecule has 2 aromatic carbocycles. The first-order valence-corrected chi connectivity index (χ1v) is 8.32. The Morgan fingerprint density at radius 1 is 1.16 bits per heavy atom. The molecule has 2 amide bonds. The van der Waals surface area contributed by atoms with Crippen molar-refractivity contribution in [3.05, 3.63) is 59.7 Å². The first-order chi connectivity index (χ1) is 12.2. The van der Waals surface area contributed by atoms with Crippen LogP contribution in [-0.4, -0.2) is 33.2 Å². The molecule has 0 saturated carbocycles. The van der Waals surface area contributed by atoms with E-state index in [9.17, 15) is 9.59 Å². The number of likely N-dealkylation sites (tertiary alicyclic amines) is 1. The minimum atomic E-state index is -0.220. The minimum absolute atomic E-state index is 0.201. The van der Waals surface area contributed by atoms with Crippen molar-refractivity contribution in [2.45, 2.75) is 19.4 Å². The molecule has 1 aliphatic rings. The fourth-order valence-electron chi connectivity index (χ4n) is 3.04. The lowest BCUT2D eigenvalue weighted by atomic mass is 10.1. The van der Waals surface area contributed by atoms with Crippen LogP contribution < -0.4 is 5.32 Å². The second-order valence-corrected chi connectivity index (χ2v) is 6.17. The lowest BCUT2D eigenvalue weighted by Gasteiger charge is -2.15. The molecular formula is C19H18N4O2. The van der Waals surface area contributed by atoms with Crippen LogP contribution in [0.4, 0.5) is 5.95 Å². The number of hydrogen-bond acceptors (Lipinski definition) is 3. The molecule has 1 aliphatic heterocycles. The molecule has 4 rings (SSSR count). The van der Waals surface area contributed by atoms with E-state index in [1.165, 1.54) is 0 Å². The smallest absolute Gasteiger partial charge is 0.257 e. The number of imidazole rings is 1. The van der Waals surface area contributed by atoms with Crippen molar-refractivity contribution >= 4 is 28.8 Å². The summed E-state index contributed by atoms with van der Waals surface area (Å²) in [6, 6.07) is 14.9. The summed E-state index contributed by atoms with van der Waals surface area (Å²) in [6.07, 6.45) is 1.56. The van der Waals surface area contributed by atoms with E-state index in [1.54, 1.807) is 12.1 Å². The summed E-state index contributed by atoms with van der Waals surface area (Å²) in [5, 5.41) is 2.78. The second-order valence-electron chi connectivity index (χ2n) is 6.17. The molecule has 0 aliphatic carbocycles. The van der Waals surface area contributed by atoms with E-state index in [1.807, 2.05) is 41.3 Å². The molecule has 0 unspecified atom stereocenters. The van der Waals surface area contributed by atoms with Gasteiger partial charge in [0.1, 0.15) is 0 Å². The maximum Gasteiger partial charge on any atom is 0.257 e. The van der Waals surface area contributed by atoms with Gasteiger partial charge in [-0.25, -0.2) is 4.98 Å². The fourth-order valence-corrected chi connectivity index (χ4v) is 3.04. The van der Waals surface area contributed by atoms with E-state index in [4.69, 9.17) is 0 Å². The summed E-state index contributed by atoms with van der Waals surface area (Å²) in [6.45, 7) is 1.41. The maximum atomic E-state index is 12.4. The number of anilines is 1. The maximum absolute atomic E-state index is 12.4. The molecule has 0 atom stereocenters. The van der Waals surface area contributed by atoms with Gasteiger partial charge in [-0.15, -0.1) is 0 Å². The number of hydrogen-bond donors (Lipinski definition) is 2. The van der Waals surface area contributed by atoms with E-state index in [2.05, 4.69) is 15.3 Å². The van der Waals surface area contributed by atoms with Crippen LogP contribution in [0.15, 0.2) is 48.5 Å². The van der Waals surface area contributed by atoms with Crippen LogP contribution in [0.1, 0.15) is 28.8 Å². The zero-order chi connectivity index (χ0) is 17.2. The highest BCUT2D eigenvalue weighted by Crippen LogP contribution is 2.16. The number of nitrogens with zero attached hydrogens (tertiary/aromatic N) is 2. The quantitative estimate of drug-likeness (QED) is 0.770. The van der Waals surface area contributed by atoms with Crippen LogP contribution in [0.3, 0.4) is 0 Å². The van der Waals surface area contributed by atoms with Gasteiger partial charge in [-0.3, -0.25) is 14.9 Å². The van der Waals surface area contributed by atoms with E-state index in [0.29, 0.717) is 24.5 Å². The number of nitrogens with one attached hydrogen (secondary N) is 2. The Bertz CT molecular complexity index is 897. The molecular weight excluding hydrogens is 316 g/mol. The monoisotopic (exact) mass is 334 g/mol. The lowest BCUT2D eigenvalue weighted by Crippen LogP contribution is -2.23. The van der Waals surface area contributed by atoms with Crippen molar-refractivity contribution < 1.29 is 9.59 Å². The molecule has 25 heavy (non-hydrogen) atoms. The van der Waals surface area contributed by atoms with E-state index in [-0.39, 0.29) is 11.8 Å². The number of rotatable bonds is 4. The Morgan fingerprint density at radius 2 is 1.96 bits per heavy atom. The Labute approximate surface area is 144 Å². The van der Waals surface area contributed by atoms with Crippen molar-refractivity contribution in [3.63, 3.8) is 0 Å². The molecule has 6 nitrogen and oxygen atoms in total. The summed E-state index contributed by atoms with van der Waals surface area (Å²) >= 11 is 0. The summed E-state index contributed by atoms with van der Waals surface area (Å²) < 4.78 is 0. The highest BCUT2D eigenvalue weighted by atomic mass is 16.2. The third-order valence-electron chi connectivity index (χ3n) is 4.38. The van der Waals surface area contributed by atoms with Gasteiger partial charge < -0.3 is 9.88 Å². The van der Waals surface area contributed by atoms with Gasteiger partial charge in [0.25, 0.3) is 5.91 Å². The van der Waals surface area contributed by atoms with E-state index in [0.717, 1.165) is 29.6 Å². The summed E-state index contributed by atoms with van der Waals surface area (Å²) in [4.78, 5) is 33.3. The number of aromatic amines is 1. The summed E-state index contributed by atoms with van der Waals surface area (Å²) in [5.74, 6) is 0.410. The van der Waals surface area contributed by atoms with Gasteiger partial charge in [0.15, 0.2) is 0 Å². The first kappa shape index (κ1) is 15.4. The second kappa shape index (κ2) is 6.39. The number of carbonyl (C=O) groups is 2. The van der Waals surface area contributed by atoms with Crippen LogP contribution in [0.25, 0.3) is 11.0 Å². The van der Waals surface area contributed by atoms with Crippen molar-refractivity contribution in [1.82, 2.24) is 14.9 Å². The van der Waals surface area contributed by atoms with Gasteiger partial charge in [-0.1, -0.05) is 24.3 Å². The highest BCUT2D eigenvalue weighted by Gasteiger charge is 2.20. The normalized spacial score (nSPS) is 14.2. The molecule has 0 bridgehead atoms. The third kappa shape index (κ3) is 3.24. The Balaban J connectivity index is 1.44. The van der Waals surface area contributed by atoms with Crippen molar-refractivity contribution in [3.8, 4) is 0 Å². The van der Waals surface area contributed by atoms with E-state index >= 15 is 0 Å². The number of benzene rings is 2. The molecule has 3 aromatic rings. The lowest BCUT2D eigenvalue weighted by molar-refractivity contribution is -0.128. The predicted molar refractivity (Wildman–Crippen MR) is 95.1 cm³/mol. The molecule has 6 heteroatoms. The zero-order valence-electron chi connectivity index (χ0n) is 13.7. The molecule has 2 heterocycles.